The summed E-state index contributed by atoms with van der Waals surface area (Å²) in [5.74, 6) is -3.65. The molecule has 0 aromatic heterocycles. The number of rotatable bonds is 0. The number of carboxylic acid groups (broad SMARTS) is 2. The molecule has 7 heteroatoms. The first-order chi connectivity index (χ1) is 2.64. The van der Waals surface area contributed by atoms with Crippen molar-refractivity contribution in [2.24, 2.45) is 0 Å². The second-order valence-electron chi connectivity index (χ2n) is 0.610. The van der Waals surface area contributed by atoms with Crippen LogP contribution in [0.15, 0.2) is 0 Å². The van der Waals surface area contributed by atoms with Gasteiger partial charge in [-0.15, -0.1) is 0 Å². The van der Waals surface area contributed by atoms with Crippen LogP contribution < -0.4 is 0 Å². The molecule has 0 aromatic rings. The van der Waals surface area contributed by atoms with Crippen molar-refractivity contribution in [2.75, 3.05) is 0 Å². The summed E-state index contributed by atoms with van der Waals surface area (Å²) in [4.78, 5) is 18.2. The van der Waals surface area contributed by atoms with E-state index in [-0.39, 0.29) is 119 Å². The Labute approximate surface area is 146 Å². The van der Waals surface area contributed by atoms with Crippen molar-refractivity contribution in [3.8, 4) is 0 Å². The van der Waals surface area contributed by atoms with Gasteiger partial charge < -0.3 is 10.2 Å². The van der Waals surface area contributed by atoms with Crippen LogP contribution >= 0.6 is 0 Å². The summed E-state index contributed by atoms with van der Waals surface area (Å²) >= 11 is 0. The molecule has 2 N–H and O–H groups in total. The van der Waals surface area contributed by atoms with Gasteiger partial charge in [-0.05, 0) is 0 Å². The molecule has 0 saturated carbocycles. The summed E-state index contributed by atoms with van der Waals surface area (Å²) in [5, 5.41) is 14.8. The second kappa shape index (κ2) is 13.5. The van der Waals surface area contributed by atoms with Gasteiger partial charge in [-0.25, -0.2) is 9.59 Å². The molecule has 0 amide bonds. The average Bonchev–Trinajstić information content (AvgIpc) is 1.36. The standard InChI is InChI=1S/C2H2O4.Ce.La.Pr/c3-1(4)2(5)6;;;/h(H,3,4)(H,5,6);;;. The molecule has 0 rings (SSSR count). The molecule has 0 aliphatic heterocycles. The summed E-state index contributed by atoms with van der Waals surface area (Å²) in [6.45, 7) is 0. The van der Waals surface area contributed by atoms with E-state index in [2.05, 4.69) is 0 Å². The fourth-order valence-corrected chi connectivity index (χ4v) is 0. The Morgan fingerprint density at radius 3 is 1.11 bits per heavy atom. The molecule has 0 atom stereocenters. The van der Waals surface area contributed by atoms with E-state index in [0.717, 1.165) is 0 Å². The van der Waals surface area contributed by atoms with Gasteiger partial charge in [0, 0.05) is 119 Å². The van der Waals surface area contributed by atoms with E-state index in [1.165, 1.54) is 0 Å². The molecule has 44 valence electrons. The van der Waals surface area contributed by atoms with Crippen LogP contribution in [0.1, 0.15) is 0 Å². The number of hydrogen-bond donors (Lipinski definition) is 2. The smallest absolute Gasteiger partial charge is 0.414 e. The zero-order valence-corrected chi connectivity index (χ0v) is 14.8. The first kappa shape index (κ1) is 22.6. The zero-order chi connectivity index (χ0) is 5.15. The van der Waals surface area contributed by atoms with Gasteiger partial charge in [-0.1, -0.05) is 0 Å². The average molecular weight is 510 g/mol. The predicted molar refractivity (Wildman–Crippen MR) is 15.3 cm³/mol. The minimum Gasteiger partial charge on any atom is -0.473 e. The molecule has 9 heavy (non-hydrogen) atoms. The summed E-state index contributed by atoms with van der Waals surface area (Å²) in [5.41, 5.74) is 0. The molecule has 0 heterocycles. The Hall–Kier alpha value is 2.88. The monoisotopic (exact) mass is 510 g/mol. The molecule has 4 nitrogen and oxygen atoms in total. The number of carboxylic acids is 2. The third kappa shape index (κ3) is 18.1. The van der Waals surface area contributed by atoms with Gasteiger partial charge in [-0.3, -0.25) is 0 Å². The normalized spacial score (nSPS) is 4.89. The molecule has 0 aromatic carbocycles. The van der Waals surface area contributed by atoms with Gasteiger partial charge in [0.15, 0.2) is 0 Å². The molecular formula is C2H2CeLaO4Pr. The van der Waals surface area contributed by atoms with Crippen molar-refractivity contribution in [3.05, 3.63) is 0 Å². The maximum Gasteiger partial charge on any atom is 0.414 e. The first-order valence-corrected chi connectivity index (χ1v) is 1.11. The van der Waals surface area contributed by atoms with Crippen LogP contribution in [-0.4, -0.2) is 22.2 Å². The van der Waals surface area contributed by atoms with Crippen LogP contribution in [0.3, 0.4) is 0 Å². The molecule has 0 fully saturated rings. The first-order valence-electron chi connectivity index (χ1n) is 1.11. The Morgan fingerprint density at radius 1 is 1.00 bits per heavy atom. The van der Waals surface area contributed by atoms with Crippen LogP contribution in [0.25, 0.3) is 0 Å². The fourth-order valence-electron chi connectivity index (χ4n) is 0. The van der Waals surface area contributed by atoms with Crippen molar-refractivity contribution in [1.29, 1.82) is 0 Å². The van der Waals surface area contributed by atoms with Crippen molar-refractivity contribution in [1.82, 2.24) is 0 Å². The zero-order valence-electron chi connectivity index (χ0n) is 4.37. The Kier molecular flexibility index (Phi) is 33.9. The predicted octanol–water partition coefficient (Wildman–Crippen LogP) is -0.844. The summed E-state index contributed by atoms with van der Waals surface area (Å²) in [7, 11) is 0. The van der Waals surface area contributed by atoms with E-state index in [0.29, 0.717) is 0 Å². The van der Waals surface area contributed by atoms with Crippen LogP contribution in [0.4, 0.5) is 0 Å². The molecule has 2 radical (unpaired) electrons. The van der Waals surface area contributed by atoms with Crippen molar-refractivity contribution in [2.45, 2.75) is 0 Å². The van der Waals surface area contributed by atoms with Gasteiger partial charge >= 0.3 is 11.9 Å². The van der Waals surface area contributed by atoms with Crippen LogP contribution in [-0.2, 0) is 9.59 Å². The van der Waals surface area contributed by atoms with Gasteiger partial charge in [0.05, 0.1) is 0 Å². The van der Waals surface area contributed by atoms with Gasteiger partial charge in [0.2, 0.25) is 0 Å². The van der Waals surface area contributed by atoms with E-state index in [1.54, 1.807) is 0 Å². The number of aliphatic carboxylic acids is 2. The summed E-state index contributed by atoms with van der Waals surface area (Å²) in [6.07, 6.45) is 0. The molecule has 0 spiro atoms. The topological polar surface area (TPSA) is 74.6 Å². The molecule has 0 aliphatic carbocycles. The molecular weight excluding hydrogens is 508 g/mol. The third-order valence-corrected chi connectivity index (χ3v) is 0.183. The van der Waals surface area contributed by atoms with Crippen molar-refractivity contribution in [3.63, 3.8) is 0 Å². The largest absolute Gasteiger partial charge is 0.473 e. The quantitative estimate of drug-likeness (QED) is 0.418. The van der Waals surface area contributed by atoms with Gasteiger partial charge in [-0.2, -0.15) is 0 Å². The van der Waals surface area contributed by atoms with Crippen LogP contribution in [0, 0.1) is 119 Å². The third-order valence-electron chi connectivity index (χ3n) is 0.183. The Balaban J connectivity index is -0.0000000417. The summed E-state index contributed by atoms with van der Waals surface area (Å²) in [6, 6.07) is 0. The van der Waals surface area contributed by atoms with E-state index < -0.39 is 11.9 Å². The maximum atomic E-state index is 9.10. The number of carbonyl (C=O) groups is 2. The van der Waals surface area contributed by atoms with Gasteiger partial charge in [0.25, 0.3) is 0 Å². The van der Waals surface area contributed by atoms with Crippen molar-refractivity contribution < 1.29 is 138 Å². The van der Waals surface area contributed by atoms with Gasteiger partial charge in [0.1, 0.15) is 0 Å². The van der Waals surface area contributed by atoms with E-state index in [4.69, 9.17) is 19.8 Å². The van der Waals surface area contributed by atoms with E-state index in [9.17, 15) is 0 Å². The summed E-state index contributed by atoms with van der Waals surface area (Å²) < 4.78 is 0. The van der Waals surface area contributed by atoms with Crippen LogP contribution in [0.5, 0.6) is 0 Å². The minimum atomic E-state index is -1.82. The Morgan fingerprint density at radius 2 is 1.11 bits per heavy atom. The Bertz CT molecular complexity index is 84.6. The fraction of sp³-hybridized carbons (Fsp3) is 0. The molecule has 0 unspecified atom stereocenters. The number of hydrogen-bond acceptors (Lipinski definition) is 2. The molecule has 0 saturated heterocycles. The molecule has 0 bridgehead atoms. The van der Waals surface area contributed by atoms with E-state index >= 15 is 0 Å². The minimum absolute atomic E-state index is 0. The SMILES string of the molecule is O=C(O)C(=O)O.[Ce].[La].[Pr]. The van der Waals surface area contributed by atoms with Crippen molar-refractivity contribution >= 4 is 11.9 Å². The van der Waals surface area contributed by atoms with Crippen LogP contribution in [0.2, 0.25) is 0 Å². The maximum absolute atomic E-state index is 9.10. The van der Waals surface area contributed by atoms with E-state index in [1.807, 2.05) is 0 Å². The second-order valence-corrected chi connectivity index (χ2v) is 0.610. The molecule has 0 aliphatic rings.